The maximum atomic E-state index is 4.85. The Morgan fingerprint density at radius 1 is 0.769 bits per heavy atom. The van der Waals surface area contributed by atoms with Gasteiger partial charge in [0.1, 0.15) is 0 Å². The van der Waals surface area contributed by atoms with Crippen molar-refractivity contribution in [1.82, 2.24) is 0 Å². The zero-order valence-corrected chi connectivity index (χ0v) is 24.6. The molecule has 0 spiro atoms. The fraction of sp³-hybridized carbons (Fsp3) is 0.500. The molecule has 0 saturated heterocycles. The van der Waals surface area contributed by atoms with Crippen LogP contribution in [0.15, 0.2) is 36.4 Å². The Morgan fingerprint density at radius 3 is 1.08 bits per heavy atom. The van der Waals surface area contributed by atoms with Gasteiger partial charge in [-0.05, 0) is 0 Å². The molecule has 0 atom stereocenters. The molecular formula is C20H37Cl2RuSi3. The van der Waals surface area contributed by atoms with Gasteiger partial charge in [0.25, 0.3) is 0 Å². The summed E-state index contributed by atoms with van der Waals surface area (Å²) in [6.45, 7) is 23.0. The zero-order valence-electron chi connectivity index (χ0n) is 18.2. The van der Waals surface area contributed by atoms with E-state index in [2.05, 4.69) is 103 Å². The summed E-state index contributed by atoms with van der Waals surface area (Å²) in [6.07, 6.45) is 0. The molecule has 2 rings (SSSR count). The zero-order chi connectivity index (χ0) is 21.0. The Balaban J connectivity index is 0. The van der Waals surface area contributed by atoms with Gasteiger partial charge in [0.2, 0.25) is 0 Å². The first kappa shape index (κ1) is 28.8. The van der Waals surface area contributed by atoms with Gasteiger partial charge < -0.3 is 0 Å². The van der Waals surface area contributed by atoms with Crippen molar-refractivity contribution in [3.05, 3.63) is 47.5 Å². The predicted molar refractivity (Wildman–Crippen MR) is 130 cm³/mol. The summed E-state index contributed by atoms with van der Waals surface area (Å²) in [7, 11) is 8.43. The van der Waals surface area contributed by atoms with Crippen molar-refractivity contribution >= 4 is 55.4 Å². The molecule has 6 heteroatoms. The summed E-state index contributed by atoms with van der Waals surface area (Å²) in [5, 5.41) is 3.15. The van der Waals surface area contributed by atoms with Crippen LogP contribution in [0.1, 0.15) is 11.1 Å². The van der Waals surface area contributed by atoms with Gasteiger partial charge in [0, 0.05) is 25.7 Å². The van der Waals surface area contributed by atoms with Crippen molar-refractivity contribution in [2.75, 3.05) is 0 Å². The second-order valence-electron chi connectivity index (χ2n) is 8.48. The molecule has 0 aromatic heterocycles. The molecule has 0 unspecified atom stereocenters. The average Bonchev–Trinajstić information content (AvgIpc) is 3.09. The second kappa shape index (κ2) is 14.5. The van der Waals surface area contributed by atoms with Crippen molar-refractivity contribution in [3.8, 4) is 0 Å². The van der Waals surface area contributed by atoms with E-state index in [9.17, 15) is 0 Å². The van der Waals surface area contributed by atoms with Gasteiger partial charge >= 0.3 is 34.5 Å². The van der Waals surface area contributed by atoms with E-state index < -0.39 is 16.1 Å². The van der Waals surface area contributed by atoms with Gasteiger partial charge in [-0.3, -0.25) is 0 Å². The minimum atomic E-state index is -1.01. The van der Waals surface area contributed by atoms with Crippen LogP contribution >= 0.6 is 19.4 Å². The van der Waals surface area contributed by atoms with Crippen LogP contribution in [-0.2, 0) is 15.1 Å². The minimum absolute atomic E-state index is 0.346. The van der Waals surface area contributed by atoms with Gasteiger partial charge in [0.05, 0.1) is 0 Å². The molecule has 2 aromatic carbocycles. The quantitative estimate of drug-likeness (QED) is 0.309. The molecule has 0 nitrogen and oxygen atoms in total. The summed E-state index contributed by atoms with van der Waals surface area (Å²) in [5.74, 6) is 0. The molecule has 26 heavy (non-hydrogen) atoms. The van der Waals surface area contributed by atoms with E-state index in [1.165, 1.54) is 11.1 Å². The van der Waals surface area contributed by atoms with Crippen LogP contribution in [-0.4, -0.2) is 25.7 Å². The molecule has 0 amide bonds. The Bertz CT molecular complexity index is 526. The average molecular weight is 534 g/mol. The molecule has 0 aliphatic heterocycles. The van der Waals surface area contributed by atoms with Gasteiger partial charge in [-0.25, -0.2) is 22.5 Å². The van der Waals surface area contributed by atoms with Crippen LogP contribution in [0.5, 0.6) is 0 Å². The molecule has 0 fully saturated rings. The van der Waals surface area contributed by atoms with Gasteiger partial charge in [-0.1, -0.05) is 66.2 Å². The number of hydrogen-bond acceptors (Lipinski definition) is 0. The molecule has 0 aliphatic rings. The summed E-state index contributed by atoms with van der Waals surface area (Å²) >= 11 is -0.346. The molecule has 151 valence electrons. The predicted octanol–water partition coefficient (Wildman–Crippen LogP) is 6.41. The Hall–Kier alpha value is 0.554. The monoisotopic (exact) mass is 533 g/mol. The summed E-state index contributed by atoms with van der Waals surface area (Å²) in [6, 6.07) is 13.6. The molecule has 0 N–H and O–H groups in total. The van der Waals surface area contributed by atoms with Crippen LogP contribution in [0, 0.1) is 13.8 Å². The Labute approximate surface area is 183 Å². The van der Waals surface area contributed by atoms with E-state index in [0.717, 1.165) is 9.52 Å². The maximum absolute atomic E-state index is 4.85. The molecule has 0 bridgehead atoms. The van der Waals surface area contributed by atoms with E-state index in [1.54, 1.807) is 10.4 Å². The molecule has 1 radical (unpaired) electrons. The van der Waals surface area contributed by atoms with Crippen LogP contribution in [0.2, 0.25) is 52.4 Å². The fourth-order valence-electron chi connectivity index (χ4n) is 2.06. The van der Waals surface area contributed by atoms with Gasteiger partial charge in [0.15, 0.2) is 0 Å². The number of rotatable bonds is 2. The molecule has 0 aliphatic carbocycles. The summed E-state index contributed by atoms with van der Waals surface area (Å²) in [4.78, 5) is 0. The van der Waals surface area contributed by atoms with E-state index in [-0.39, 0.29) is 15.1 Å². The van der Waals surface area contributed by atoms with Crippen molar-refractivity contribution in [2.24, 2.45) is 0 Å². The van der Waals surface area contributed by atoms with Crippen LogP contribution in [0.4, 0.5) is 0 Å². The van der Waals surface area contributed by atoms with Gasteiger partial charge in [-0.15, -0.1) is 0 Å². The SMILES string of the molecule is C[SiH]C.Cc1cc([Si](C)(C)C)c[cH-]1.Cc1cc([Si](C)(C)C)c[cH-]1.[Cl][Ru+2][Cl]. The van der Waals surface area contributed by atoms with Crippen molar-refractivity contribution in [1.29, 1.82) is 0 Å². The van der Waals surface area contributed by atoms with Crippen LogP contribution in [0.25, 0.3) is 0 Å². The third-order valence-electron chi connectivity index (χ3n) is 3.55. The Kier molecular flexibility index (Phi) is 16.1. The molecule has 0 heterocycles. The standard InChI is InChI=1S/2C9H15Si.C2H7Si.2ClH.Ru/c2*1-8-5-6-9(7-8)10(2,3)4;1-3-2;;;/h2*5-7H,1-4H3;3H,1-2H3;2*1H;/q2*-1;;;;+4/p-2. The van der Waals surface area contributed by atoms with Crippen molar-refractivity contribution in [2.45, 2.75) is 66.2 Å². The van der Waals surface area contributed by atoms with Crippen LogP contribution < -0.4 is 10.4 Å². The Morgan fingerprint density at radius 2 is 1.00 bits per heavy atom. The number of hydrogen-bond donors (Lipinski definition) is 0. The third kappa shape index (κ3) is 14.6. The molecule has 0 saturated carbocycles. The topological polar surface area (TPSA) is 0 Å². The first-order valence-electron chi connectivity index (χ1n) is 8.90. The normalized spacial score (nSPS) is 10.6. The third-order valence-corrected chi connectivity index (χ3v) is 7.64. The fourth-order valence-corrected chi connectivity index (χ4v) is 4.55. The molecular weight excluding hydrogens is 496 g/mol. The number of aryl methyl sites for hydroxylation is 2. The van der Waals surface area contributed by atoms with E-state index in [4.69, 9.17) is 19.4 Å². The first-order valence-corrected chi connectivity index (χ1v) is 22.7. The summed E-state index contributed by atoms with van der Waals surface area (Å²) in [5.41, 5.74) is 2.80. The van der Waals surface area contributed by atoms with Crippen molar-refractivity contribution in [3.63, 3.8) is 0 Å². The van der Waals surface area contributed by atoms with Crippen molar-refractivity contribution < 1.29 is 15.1 Å². The molecule has 2 aromatic rings. The number of halogens is 2. The van der Waals surface area contributed by atoms with Gasteiger partial charge in [-0.2, -0.15) is 35.4 Å². The second-order valence-corrected chi connectivity index (χ2v) is 22.4. The van der Waals surface area contributed by atoms with E-state index >= 15 is 0 Å². The van der Waals surface area contributed by atoms with E-state index in [0.29, 0.717) is 0 Å². The van der Waals surface area contributed by atoms with Crippen LogP contribution in [0.3, 0.4) is 0 Å². The summed E-state index contributed by atoms with van der Waals surface area (Å²) < 4.78 is 0. The first-order chi connectivity index (χ1) is 11.8. The van der Waals surface area contributed by atoms with E-state index in [1.807, 2.05) is 0 Å².